The van der Waals surface area contributed by atoms with Crippen molar-refractivity contribution >= 4 is 17.6 Å². The van der Waals surface area contributed by atoms with Gasteiger partial charge in [0.2, 0.25) is 0 Å². The third-order valence-electron chi connectivity index (χ3n) is 2.90. The molecule has 0 saturated heterocycles. The number of hydrogen-bond donors (Lipinski definition) is 1. The average molecular weight is 272 g/mol. The van der Waals surface area contributed by atoms with Crippen LogP contribution in [-0.4, -0.2) is 36.2 Å². The van der Waals surface area contributed by atoms with Crippen molar-refractivity contribution < 1.29 is 14.6 Å². The molecule has 0 aliphatic rings. The zero-order valence-corrected chi connectivity index (χ0v) is 11.6. The van der Waals surface area contributed by atoms with E-state index < -0.39 is 12.0 Å². The molecule has 1 aromatic rings. The van der Waals surface area contributed by atoms with Crippen molar-refractivity contribution in [2.24, 2.45) is 0 Å². The van der Waals surface area contributed by atoms with E-state index in [1.807, 2.05) is 18.7 Å². The Kier molecular flexibility index (Phi) is 5.44. The van der Waals surface area contributed by atoms with Gasteiger partial charge in [-0.3, -0.25) is 9.69 Å². The van der Waals surface area contributed by atoms with Gasteiger partial charge in [0.1, 0.15) is 11.8 Å². The van der Waals surface area contributed by atoms with Crippen LogP contribution in [0.15, 0.2) is 18.2 Å². The Morgan fingerprint density at radius 1 is 1.44 bits per heavy atom. The molecule has 0 saturated carbocycles. The second-order valence-electron chi connectivity index (χ2n) is 3.86. The summed E-state index contributed by atoms with van der Waals surface area (Å²) >= 11 is 6.03. The lowest BCUT2D eigenvalue weighted by Gasteiger charge is -2.26. The lowest BCUT2D eigenvalue weighted by molar-refractivity contribution is -0.143. The zero-order chi connectivity index (χ0) is 13.7. The van der Waals surface area contributed by atoms with Crippen LogP contribution in [0.4, 0.5) is 0 Å². The van der Waals surface area contributed by atoms with Crippen molar-refractivity contribution in [3.05, 3.63) is 28.8 Å². The fourth-order valence-electron chi connectivity index (χ4n) is 1.95. The number of carboxylic acids is 1. The Morgan fingerprint density at radius 2 is 2.06 bits per heavy atom. The van der Waals surface area contributed by atoms with E-state index in [4.69, 9.17) is 16.3 Å². The van der Waals surface area contributed by atoms with Crippen molar-refractivity contribution in [2.45, 2.75) is 19.9 Å². The van der Waals surface area contributed by atoms with Crippen LogP contribution in [-0.2, 0) is 4.79 Å². The number of aliphatic carboxylic acids is 1. The molecule has 1 unspecified atom stereocenters. The Morgan fingerprint density at radius 3 is 2.44 bits per heavy atom. The highest BCUT2D eigenvalue weighted by molar-refractivity contribution is 6.32. The Balaban J connectivity index is 3.14. The summed E-state index contributed by atoms with van der Waals surface area (Å²) < 4.78 is 5.06. The van der Waals surface area contributed by atoms with Crippen LogP contribution in [0.2, 0.25) is 5.02 Å². The van der Waals surface area contributed by atoms with Gasteiger partial charge in [0.15, 0.2) is 0 Å². The first-order valence-corrected chi connectivity index (χ1v) is 6.23. The lowest BCUT2D eigenvalue weighted by atomic mass is 10.1. The number of carbonyl (C=O) groups is 1. The molecule has 4 nitrogen and oxygen atoms in total. The smallest absolute Gasteiger partial charge is 0.325 e. The molecule has 0 radical (unpaired) electrons. The van der Waals surface area contributed by atoms with Gasteiger partial charge >= 0.3 is 5.97 Å². The van der Waals surface area contributed by atoms with E-state index in [2.05, 4.69) is 0 Å². The zero-order valence-electron chi connectivity index (χ0n) is 10.8. The maximum absolute atomic E-state index is 11.4. The van der Waals surface area contributed by atoms with Gasteiger partial charge in [-0.15, -0.1) is 0 Å². The van der Waals surface area contributed by atoms with Crippen LogP contribution in [0, 0.1) is 0 Å². The van der Waals surface area contributed by atoms with E-state index in [9.17, 15) is 9.90 Å². The normalized spacial score (nSPS) is 12.5. The molecular formula is C13H18ClNO3. The van der Waals surface area contributed by atoms with Gasteiger partial charge in [0, 0.05) is 0 Å². The Labute approximate surface area is 112 Å². The number of hydrogen-bond acceptors (Lipinski definition) is 3. The van der Waals surface area contributed by atoms with E-state index in [-0.39, 0.29) is 0 Å². The van der Waals surface area contributed by atoms with Crippen LogP contribution in [0.5, 0.6) is 5.75 Å². The maximum Gasteiger partial charge on any atom is 0.325 e. The predicted octanol–water partition coefficient (Wildman–Crippen LogP) is 2.82. The van der Waals surface area contributed by atoms with Crippen molar-refractivity contribution in [1.82, 2.24) is 4.90 Å². The SMILES string of the molecule is CCN(CC)C(C(=O)O)c1ccc(OC)c(Cl)c1. The number of ether oxygens (including phenoxy) is 1. The first kappa shape index (κ1) is 14.8. The quantitative estimate of drug-likeness (QED) is 0.864. The van der Waals surface area contributed by atoms with Crippen LogP contribution in [0.25, 0.3) is 0 Å². The summed E-state index contributed by atoms with van der Waals surface area (Å²) in [6, 6.07) is 4.40. The molecule has 0 heterocycles. The van der Waals surface area contributed by atoms with Crippen molar-refractivity contribution in [3.8, 4) is 5.75 Å². The molecule has 100 valence electrons. The van der Waals surface area contributed by atoms with Gasteiger partial charge in [-0.1, -0.05) is 31.5 Å². The molecule has 1 rings (SSSR count). The molecule has 0 aliphatic carbocycles. The monoisotopic (exact) mass is 271 g/mol. The summed E-state index contributed by atoms with van der Waals surface area (Å²) in [6.45, 7) is 5.20. The number of rotatable bonds is 6. The van der Waals surface area contributed by atoms with Crippen LogP contribution in [0.1, 0.15) is 25.5 Å². The average Bonchev–Trinajstić information content (AvgIpc) is 2.35. The number of likely N-dealkylation sites (N-methyl/N-ethyl adjacent to an activating group) is 1. The summed E-state index contributed by atoms with van der Waals surface area (Å²) in [5.41, 5.74) is 0.664. The van der Waals surface area contributed by atoms with Crippen LogP contribution >= 0.6 is 11.6 Å². The first-order valence-electron chi connectivity index (χ1n) is 5.85. The summed E-state index contributed by atoms with van der Waals surface area (Å²) in [7, 11) is 1.53. The molecule has 0 fully saturated rings. The molecule has 1 aromatic carbocycles. The summed E-state index contributed by atoms with van der Waals surface area (Å²) in [5, 5.41) is 9.79. The molecule has 0 aromatic heterocycles. The highest BCUT2D eigenvalue weighted by atomic mass is 35.5. The number of benzene rings is 1. The highest BCUT2D eigenvalue weighted by Crippen LogP contribution is 2.30. The standard InChI is InChI=1S/C13H18ClNO3/c1-4-15(5-2)12(13(16)17)9-6-7-11(18-3)10(14)8-9/h6-8,12H,4-5H2,1-3H3,(H,16,17). The van der Waals surface area contributed by atoms with Crippen molar-refractivity contribution in [2.75, 3.05) is 20.2 Å². The Bertz CT molecular complexity index is 419. The van der Waals surface area contributed by atoms with E-state index in [1.165, 1.54) is 7.11 Å². The topological polar surface area (TPSA) is 49.8 Å². The highest BCUT2D eigenvalue weighted by Gasteiger charge is 2.25. The molecule has 0 spiro atoms. The van der Waals surface area contributed by atoms with Gasteiger partial charge in [0.25, 0.3) is 0 Å². The first-order chi connectivity index (χ1) is 8.54. The number of halogens is 1. The number of nitrogens with zero attached hydrogens (tertiary/aromatic N) is 1. The molecule has 0 amide bonds. The largest absolute Gasteiger partial charge is 0.495 e. The predicted molar refractivity (Wildman–Crippen MR) is 71.3 cm³/mol. The second-order valence-corrected chi connectivity index (χ2v) is 4.26. The third-order valence-corrected chi connectivity index (χ3v) is 3.20. The van der Waals surface area contributed by atoms with Crippen molar-refractivity contribution in [3.63, 3.8) is 0 Å². The molecule has 0 aliphatic heterocycles. The molecular weight excluding hydrogens is 254 g/mol. The fourth-order valence-corrected chi connectivity index (χ4v) is 2.22. The van der Waals surface area contributed by atoms with Gasteiger partial charge in [-0.25, -0.2) is 0 Å². The van der Waals surface area contributed by atoms with Crippen LogP contribution < -0.4 is 4.74 Å². The summed E-state index contributed by atoms with van der Waals surface area (Å²) in [5.74, 6) is -0.330. The van der Waals surface area contributed by atoms with E-state index >= 15 is 0 Å². The molecule has 1 N–H and O–H groups in total. The lowest BCUT2D eigenvalue weighted by Crippen LogP contribution is -2.33. The van der Waals surface area contributed by atoms with Crippen LogP contribution in [0.3, 0.4) is 0 Å². The molecule has 5 heteroatoms. The fraction of sp³-hybridized carbons (Fsp3) is 0.462. The van der Waals surface area contributed by atoms with Crippen molar-refractivity contribution in [1.29, 1.82) is 0 Å². The minimum atomic E-state index is -0.875. The molecule has 0 bridgehead atoms. The maximum atomic E-state index is 11.4. The van der Waals surface area contributed by atoms with Gasteiger partial charge in [-0.2, -0.15) is 0 Å². The van der Waals surface area contributed by atoms with Gasteiger partial charge in [-0.05, 0) is 30.8 Å². The second kappa shape index (κ2) is 6.61. The summed E-state index contributed by atoms with van der Waals surface area (Å²) in [6.07, 6.45) is 0. The number of methoxy groups -OCH3 is 1. The van der Waals surface area contributed by atoms with E-state index in [1.54, 1.807) is 18.2 Å². The Hall–Kier alpha value is -1.26. The van der Waals surface area contributed by atoms with E-state index in [0.717, 1.165) is 0 Å². The number of carboxylic acid groups (broad SMARTS) is 1. The third kappa shape index (κ3) is 3.15. The van der Waals surface area contributed by atoms with Gasteiger partial charge < -0.3 is 9.84 Å². The van der Waals surface area contributed by atoms with Gasteiger partial charge in [0.05, 0.1) is 12.1 Å². The minimum Gasteiger partial charge on any atom is -0.495 e. The molecule has 18 heavy (non-hydrogen) atoms. The minimum absolute atomic E-state index is 0.424. The summed E-state index contributed by atoms with van der Waals surface area (Å²) in [4.78, 5) is 13.3. The molecule has 1 atom stereocenters. The van der Waals surface area contributed by atoms with E-state index in [0.29, 0.717) is 29.4 Å².